The van der Waals surface area contributed by atoms with Gasteiger partial charge in [-0.15, -0.1) is 46.4 Å². The minimum absolute atomic E-state index is 0. The summed E-state index contributed by atoms with van der Waals surface area (Å²) in [7, 11) is 3.70. The number of amides is 5. The highest BCUT2D eigenvalue weighted by atomic mass is 35.5. The number of carbonyl (C=O) groups is 6. The zero-order chi connectivity index (χ0) is 63.3. The number of carbonyl (C=O) groups excluding carboxylic acids is 5. The van der Waals surface area contributed by atoms with Gasteiger partial charge in [0.1, 0.15) is 10.5 Å². The molecule has 0 aliphatic heterocycles. The number of aromatic nitrogens is 4. The Kier molecular flexibility index (Phi) is 22.3. The van der Waals surface area contributed by atoms with Gasteiger partial charge >= 0.3 is 12.1 Å². The zero-order valence-electron chi connectivity index (χ0n) is 49.5. The number of hydrogen-bond donors (Lipinski definition) is 5. The molecule has 0 spiro atoms. The van der Waals surface area contributed by atoms with Crippen LogP contribution in [0.4, 0.5) is 43.0 Å². The first-order valence-electron chi connectivity index (χ1n) is 29.1. The minimum Gasteiger partial charge on any atom is -0.477 e. The summed E-state index contributed by atoms with van der Waals surface area (Å²) in [5, 5.41) is 16.8. The topological polar surface area (TPSA) is 236 Å². The quantitative estimate of drug-likeness (QED) is 0.0605. The molecule has 4 saturated carbocycles. The lowest BCUT2D eigenvalue weighted by molar-refractivity contribution is 0.0456. The first-order chi connectivity index (χ1) is 41.8. The molecule has 5 aromatic heterocycles. The molecule has 480 valence electrons. The highest BCUT2D eigenvalue weighted by molar-refractivity contribution is 7.14. The number of nitrogens with one attached hydrogen (secondary N) is 3. The van der Waals surface area contributed by atoms with E-state index in [1.165, 1.54) is 43.2 Å². The van der Waals surface area contributed by atoms with Crippen LogP contribution in [0.1, 0.15) is 206 Å². The van der Waals surface area contributed by atoms with Crippen molar-refractivity contribution in [1.82, 2.24) is 34.2 Å². The van der Waals surface area contributed by atoms with Crippen molar-refractivity contribution in [2.75, 3.05) is 24.7 Å². The van der Waals surface area contributed by atoms with Crippen LogP contribution in [0, 0.1) is 0 Å². The van der Waals surface area contributed by atoms with E-state index in [0.717, 1.165) is 104 Å². The number of benzene rings is 2. The molecule has 7 aromatic rings. The maximum atomic E-state index is 13.4. The number of carboxylic acid groups (broad SMARTS) is 1. The average Bonchev–Trinajstić information content (AvgIpc) is 1.73. The van der Waals surface area contributed by atoms with Crippen LogP contribution in [-0.2, 0) is 4.74 Å². The number of anilines is 2. The van der Waals surface area contributed by atoms with Crippen LogP contribution in [0.2, 0.25) is 0 Å². The number of fused-ring (bicyclic) bond motifs is 2. The van der Waals surface area contributed by atoms with E-state index in [4.69, 9.17) is 15.6 Å². The lowest BCUT2D eigenvalue weighted by Gasteiger charge is -2.37. The molecule has 4 aliphatic rings. The fourth-order valence-corrected chi connectivity index (χ4v) is 13.6. The molecular formula is C61H71ClF6N10O8S3. The smallest absolute Gasteiger partial charge is 0.407 e. The second kappa shape index (κ2) is 29.3. The van der Waals surface area contributed by atoms with Gasteiger partial charge in [0.05, 0.1) is 46.5 Å². The molecule has 11 rings (SSSR count). The van der Waals surface area contributed by atoms with Crippen molar-refractivity contribution in [3.05, 3.63) is 113 Å². The standard InChI is InChI=1S/C30H37F2N5O4S.C25H29F2N5O2S.C6H4F2O2S.ClH/c1-30(2,3)41-29(40)33-18-15-20(16-18)37-22-11-10-17(27(39)36(4)19-8-6-5-7-9-19)14-21(22)34-28(37)35-26(38)24-13-12-23(42-24)25(31)32;1-31(16-5-3-2-4-6-16)24(34)14-7-8-19-18(11-14)29-25(32(19)17-12-15(28)13-17)30-23(33)21-10-9-20(35-21)22(26)27;7-5(8)3-1-2-4(11-3)6(9)10;/h10-14,18-20,25H,5-9,15-16H2,1-4H3,(H,33,40)(H,34,35,38);7-11,15-17,22H,2-6,12-13,28H2,1H3,(H,29,30,33);1-2,5H,(H,9,10);1H. The molecule has 0 atom stereocenters. The number of nitrogens with two attached hydrogens (primary N) is 1. The van der Waals surface area contributed by atoms with Crippen molar-refractivity contribution < 1.29 is 65.0 Å². The van der Waals surface area contributed by atoms with Gasteiger partial charge in [0.15, 0.2) is 0 Å². The van der Waals surface area contributed by atoms with E-state index in [0.29, 0.717) is 52.3 Å². The second-order valence-electron chi connectivity index (χ2n) is 23.5. The van der Waals surface area contributed by atoms with E-state index < -0.39 is 48.8 Å². The largest absolute Gasteiger partial charge is 0.477 e. The first kappa shape index (κ1) is 67.9. The molecule has 0 radical (unpaired) electrons. The molecule has 6 N–H and O–H groups in total. The summed E-state index contributed by atoms with van der Waals surface area (Å²) in [6.07, 6.45) is 5.24. The van der Waals surface area contributed by atoms with Crippen molar-refractivity contribution in [2.45, 2.75) is 172 Å². The minimum atomic E-state index is -2.66. The molecule has 2 aromatic carbocycles. The van der Waals surface area contributed by atoms with Gasteiger partial charge in [0, 0.05) is 61.5 Å². The maximum Gasteiger partial charge on any atom is 0.407 e. The molecule has 0 bridgehead atoms. The number of imidazole rings is 2. The van der Waals surface area contributed by atoms with E-state index in [1.807, 2.05) is 45.2 Å². The average molecular weight is 1320 g/mol. The van der Waals surface area contributed by atoms with Gasteiger partial charge in [-0.1, -0.05) is 38.5 Å². The Morgan fingerprint density at radius 2 is 0.978 bits per heavy atom. The van der Waals surface area contributed by atoms with Gasteiger partial charge in [0.25, 0.3) is 42.9 Å². The predicted molar refractivity (Wildman–Crippen MR) is 333 cm³/mol. The lowest BCUT2D eigenvalue weighted by Crippen LogP contribution is -2.46. The Labute approximate surface area is 528 Å². The van der Waals surface area contributed by atoms with E-state index in [1.54, 1.807) is 45.0 Å². The number of hydrogen-bond acceptors (Lipinski definition) is 13. The molecule has 4 aliphatic carbocycles. The number of alkyl carbamates (subject to hydrolysis) is 1. The predicted octanol–water partition coefficient (Wildman–Crippen LogP) is 15.1. The Hall–Kier alpha value is -7.07. The Bertz CT molecular complexity index is 3650. The summed E-state index contributed by atoms with van der Waals surface area (Å²) in [4.78, 5) is 87.6. The Morgan fingerprint density at radius 1 is 0.596 bits per heavy atom. The van der Waals surface area contributed by atoms with Gasteiger partial charge in [-0.05, 0) is 145 Å². The number of aromatic carboxylic acids is 1. The normalized spacial score (nSPS) is 18.6. The van der Waals surface area contributed by atoms with Gasteiger partial charge in [-0.25, -0.2) is 45.9 Å². The molecule has 4 fully saturated rings. The lowest BCUT2D eigenvalue weighted by atomic mass is 9.86. The molecule has 18 nitrogen and oxygen atoms in total. The van der Waals surface area contributed by atoms with Crippen LogP contribution in [0.15, 0.2) is 72.8 Å². The molecule has 5 heterocycles. The third-order valence-electron chi connectivity index (χ3n) is 16.1. The van der Waals surface area contributed by atoms with Crippen LogP contribution in [0.25, 0.3) is 22.1 Å². The molecular weight excluding hydrogens is 1250 g/mol. The van der Waals surface area contributed by atoms with E-state index in [-0.39, 0.29) is 95.7 Å². The van der Waals surface area contributed by atoms with E-state index in [2.05, 4.69) is 25.9 Å². The second-order valence-corrected chi connectivity index (χ2v) is 26.9. The van der Waals surface area contributed by atoms with E-state index in [9.17, 15) is 55.1 Å². The number of alkyl halides is 6. The number of halogens is 7. The zero-order valence-corrected chi connectivity index (χ0v) is 52.8. The molecule has 89 heavy (non-hydrogen) atoms. The number of ether oxygens (including phenoxy) is 1. The third kappa shape index (κ3) is 16.5. The van der Waals surface area contributed by atoms with Crippen LogP contribution in [0.5, 0.6) is 0 Å². The number of nitrogens with zero attached hydrogens (tertiary/aromatic N) is 6. The van der Waals surface area contributed by atoms with Crippen molar-refractivity contribution in [2.24, 2.45) is 5.73 Å². The maximum absolute atomic E-state index is 13.4. The summed E-state index contributed by atoms with van der Waals surface area (Å²) in [5.74, 6) is -1.72. The van der Waals surface area contributed by atoms with Gasteiger partial charge < -0.3 is 39.8 Å². The van der Waals surface area contributed by atoms with Crippen LogP contribution in [0.3, 0.4) is 0 Å². The molecule has 28 heteroatoms. The van der Waals surface area contributed by atoms with Crippen molar-refractivity contribution in [3.8, 4) is 0 Å². The van der Waals surface area contributed by atoms with Gasteiger partial charge in [-0.3, -0.25) is 29.8 Å². The third-order valence-corrected chi connectivity index (χ3v) is 19.4. The monoisotopic (exact) mass is 1320 g/mol. The van der Waals surface area contributed by atoms with Crippen LogP contribution in [-0.4, -0.2) is 114 Å². The number of rotatable bonds is 15. The molecule has 0 unspecified atom stereocenters. The summed E-state index contributed by atoms with van der Waals surface area (Å²) in [6.45, 7) is 5.39. The number of carboxylic acids is 1. The van der Waals surface area contributed by atoms with Crippen molar-refractivity contribution >= 4 is 116 Å². The summed E-state index contributed by atoms with van der Waals surface area (Å²) < 4.78 is 85.1. The Morgan fingerprint density at radius 3 is 1.33 bits per heavy atom. The fourth-order valence-electron chi connectivity index (χ4n) is 11.4. The van der Waals surface area contributed by atoms with E-state index >= 15 is 0 Å². The van der Waals surface area contributed by atoms with Crippen LogP contribution < -0.4 is 21.7 Å². The summed E-state index contributed by atoms with van der Waals surface area (Å²) >= 11 is 2.10. The molecule has 0 saturated heterocycles. The molecule has 5 amide bonds. The van der Waals surface area contributed by atoms with Gasteiger partial charge in [0.2, 0.25) is 11.9 Å². The highest BCUT2D eigenvalue weighted by Gasteiger charge is 2.37. The highest BCUT2D eigenvalue weighted by Crippen LogP contribution is 2.41. The van der Waals surface area contributed by atoms with Crippen LogP contribution >= 0.6 is 46.4 Å². The SMILES string of the molecule is CN(C(=O)c1ccc2c(c1)nc(NC(=O)c1ccc(C(F)F)s1)n2C1CC(N)C1)C1CCCCC1.CN(C(=O)c1ccc2c(c1)nc(NC(=O)c1ccc(C(F)F)s1)n2C1CC(NC(=O)OC(C)(C)C)C1)C1CCCCC1.Cl.O=C(O)c1ccc(C(F)F)s1. The fraction of sp³-hybridized carbons (Fsp3) is 0.475. The van der Waals surface area contributed by atoms with Crippen molar-refractivity contribution in [3.63, 3.8) is 0 Å². The Balaban J connectivity index is 0.000000196. The number of thiophene rings is 3. The summed E-state index contributed by atoms with van der Waals surface area (Å²) in [5.41, 5.74) is 9.13. The summed E-state index contributed by atoms with van der Waals surface area (Å²) in [6, 6.07) is 18.7. The van der Waals surface area contributed by atoms with Crippen molar-refractivity contribution in [1.29, 1.82) is 0 Å². The van der Waals surface area contributed by atoms with Gasteiger partial charge in [-0.2, -0.15) is 0 Å². The first-order valence-corrected chi connectivity index (χ1v) is 31.6.